The van der Waals surface area contributed by atoms with Crippen LogP contribution in [0.1, 0.15) is 31.4 Å². The summed E-state index contributed by atoms with van der Waals surface area (Å²) in [5.74, 6) is -3.65. The highest BCUT2D eigenvalue weighted by Gasteiger charge is 2.06. The molecular weight excluding hydrogens is 314 g/mol. The Balaban J connectivity index is 0.000000459. The molecule has 1 unspecified atom stereocenters. The first kappa shape index (κ1) is 17.6. The van der Waals surface area contributed by atoms with E-state index in [4.69, 9.17) is 19.8 Å². The van der Waals surface area contributed by atoms with Crippen LogP contribution in [0.2, 0.25) is 0 Å². The molecule has 0 aliphatic heterocycles. The van der Waals surface area contributed by atoms with Crippen molar-refractivity contribution in [3.8, 4) is 0 Å². The lowest BCUT2D eigenvalue weighted by atomic mass is 10.0. The van der Waals surface area contributed by atoms with Gasteiger partial charge in [0.1, 0.15) is 0 Å². The van der Waals surface area contributed by atoms with E-state index < -0.39 is 11.9 Å². The van der Waals surface area contributed by atoms with E-state index in [1.165, 1.54) is 18.4 Å². The van der Waals surface area contributed by atoms with E-state index in [0.29, 0.717) is 6.04 Å². The molecule has 1 aromatic rings. The Hall–Kier alpha value is -1.40. The average Bonchev–Trinajstić information content (AvgIpc) is 2.38. The number of carboxylic acids is 2. The molecule has 0 bridgehead atoms. The van der Waals surface area contributed by atoms with E-state index in [-0.39, 0.29) is 0 Å². The number of carboxylic acid groups (broad SMARTS) is 2. The zero-order chi connectivity index (χ0) is 14.8. The number of benzene rings is 1. The zero-order valence-corrected chi connectivity index (χ0v) is 12.5. The van der Waals surface area contributed by atoms with Gasteiger partial charge in [-0.2, -0.15) is 0 Å². The minimum Gasteiger partial charge on any atom is -0.473 e. The van der Waals surface area contributed by atoms with Gasteiger partial charge in [0, 0.05) is 10.5 Å². The summed E-state index contributed by atoms with van der Waals surface area (Å²) in [6.45, 7) is 2.21. The topological polar surface area (TPSA) is 86.6 Å². The fraction of sp³-hybridized carbons (Fsp3) is 0.385. The minimum atomic E-state index is -1.82. The standard InChI is InChI=1S/C11H16BrN.C2H2O4/c1-3-4-11(13-2)9-5-7-10(12)8-6-9;3-1(4)2(5)6/h5-8,11,13H,3-4H2,1-2H3;(H,3,4)(H,5,6). The normalized spacial score (nSPS) is 11.1. The van der Waals surface area contributed by atoms with E-state index >= 15 is 0 Å². The van der Waals surface area contributed by atoms with Gasteiger partial charge < -0.3 is 15.5 Å². The first-order valence-electron chi connectivity index (χ1n) is 5.81. The summed E-state index contributed by atoms with van der Waals surface area (Å²) in [6, 6.07) is 9.02. The molecule has 0 spiro atoms. The lowest BCUT2D eigenvalue weighted by Gasteiger charge is -2.15. The van der Waals surface area contributed by atoms with Crippen LogP contribution in [0.3, 0.4) is 0 Å². The van der Waals surface area contributed by atoms with E-state index in [2.05, 4.69) is 52.4 Å². The highest BCUT2D eigenvalue weighted by atomic mass is 79.9. The molecule has 0 radical (unpaired) electrons. The maximum absolute atomic E-state index is 9.10. The summed E-state index contributed by atoms with van der Waals surface area (Å²) in [4.78, 5) is 18.2. The predicted octanol–water partition coefficient (Wildman–Crippen LogP) is 2.67. The van der Waals surface area contributed by atoms with Crippen LogP contribution < -0.4 is 5.32 Å². The van der Waals surface area contributed by atoms with Crippen LogP contribution in [0.25, 0.3) is 0 Å². The Bertz CT molecular complexity index is 394. The number of hydrogen-bond acceptors (Lipinski definition) is 3. The van der Waals surface area contributed by atoms with Crippen molar-refractivity contribution >= 4 is 27.9 Å². The number of hydrogen-bond donors (Lipinski definition) is 3. The third-order valence-corrected chi connectivity index (χ3v) is 2.91. The van der Waals surface area contributed by atoms with E-state index in [9.17, 15) is 0 Å². The quantitative estimate of drug-likeness (QED) is 0.738. The Labute approximate surface area is 120 Å². The highest BCUT2D eigenvalue weighted by Crippen LogP contribution is 2.20. The summed E-state index contributed by atoms with van der Waals surface area (Å²) < 4.78 is 1.14. The van der Waals surface area contributed by atoms with Gasteiger partial charge in [0.15, 0.2) is 0 Å². The van der Waals surface area contributed by atoms with Crippen molar-refractivity contribution < 1.29 is 19.8 Å². The fourth-order valence-corrected chi connectivity index (χ4v) is 1.73. The van der Waals surface area contributed by atoms with Gasteiger partial charge in [-0.15, -0.1) is 0 Å². The highest BCUT2D eigenvalue weighted by molar-refractivity contribution is 9.10. The Morgan fingerprint density at radius 1 is 1.21 bits per heavy atom. The van der Waals surface area contributed by atoms with Gasteiger partial charge in [0.2, 0.25) is 0 Å². The van der Waals surface area contributed by atoms with Crippen molar-refractivity contribution in [2.24, 2.45) is 0 Å². The molecule has 106 valence electrons. The third kappa shape index (κ3) is 7.58. The molecule has 19 heavy (non-hydrogen) atoms. The smallest absolute Gasteiger partial charge is 0.414 e. The lowest BCUT2D eigenvalue weighted by molar-refractivity contribution is -0.159. The fourth-order valence-electron chi connectivity index (χ4n) is 1.46. The summed E-state index contributed by atoms with van der Waals surface area (Å²) in [6.07, 6.45) is 2.40. The zero-order valence-electron chi connectivity index (χ0n) is 10.9. The van der Waals surface area contributed by atoms with Crippen LogP contribution in [0.4, 0.5) is 0 Å². The minimum absolute atomic E-state index is 0.498. The first-order valence-corrected chi connectivity index (χ1v) is 6.60. The monoisotopic (exact) mass is 331 g/mol. The van der Waals surface area contributed by atoms with Crippen molar-refractivity contribution in [3.63, 3.8) is 0 Å². The van der Waals surface area contributed by atoms with E-state index in [1.54, 1.807) is 0 Å². The lowest BCUT2D eigenvalue weighted by Crippen LogP contribution is -2.15. The molecular formula is C13H18BrNO4. The van der Waals surface area contributed by atoms with Crippen LogP contribution in [0.5, 0.6) is 0 Å². The first-order chi connectivity index (χ1) is 8.92. The van der Waals surface area contributed by atoms with Gasteiger partial charge in [0.05, 0.1) is 0 Å². The SMILES string of the molecule is CCCC(NC)c1ccc(Br)cc1.O=C(O)C(=O)O. The second kappa shape index (κ2) is 9.52. The second-order valence-electron chi connectivity index (χ2n) is 3.79. The van der Waals surface area contributed by atoms with Crippen molar-refractivity contribution in [2.45, 2.75) is 25.8 Å². The molecule has 3 N–H and O–H groups in total. The van der Waals surface area contributed by atoms with Gasteiger partial charge in [-0.25, -0.2) is 9.59 Å². The van der Waals surface area contributed by atoms with E-state index in [1.807, 2.05) is 7.05 Å². The average molecular weight is 332 g/mol. The molecule has 0 amide bonds. The third-order valence-electron chi connectivity index (χ3n) is 2.38. The van der Waals surface area contributed by atoms with Gasteiger partial charge >= 0.3 is 11.9 Å². The van der Waals surface area contributed by atoms with Gasteiger partial charge in [0.25, 0.3) is 0 Å². The molecule has 0 saturated heterocycles. The molecule has 1 rings (SSSR count). The molecule has 6 heteroatoms. The molecule has 0 aliphatic carbocycles. The van der Waals surface area contributed by atoms with Crippen molar-refractivity contribution in [1.82, 2.24) is 5.32 Å². The van der Waals surface area contributed by atoms with Crippen molar-refractivity contribution in [2.75, 3.05) is 7.05 Å². The number of halogens is 1. The maximum atomic E-state index is 9.10. The number of carbonyl (C=O) groups is 2. The van der Waals surface area contributed by atoms with Gasteiger partial charge in [-0.3, -0.25) is 0 Å². The number of rotatable bonds is 4. The van der Waals surface area contributed by atoms with Gasteiger partial charge in [-0.05, 0) is 31.2 Å². The van der Waals surface area contributed by atoms with Gasteiger partial charge in [-0.1, -0.05) is 41.4 Å². The summed E-state index contributed by atoms with van der Waals surface area (Å²) in [7, 11) is 2.02. The van der Waals surface area contributed by atoms with Crippen molar-refractivity contribution in [1.29, 1.82) is 0 Å². The van der Waals surface area contributed by atoms with Crippen LogP contribution in [0, 0.1) is 0 Å². The molecule has 0 heterocycles. The Kier molecular flexibility index (Phi) is 8.82. The largest absolute Gasteiger partial charge is 0.473 e. The van der Waals surface area contributed by atoms with Crippen molar-refractivity contribution in [3.05, 3.63) is 34.3 Å². The van der Waals surface area contributed by atoms with E-state index in [0.717, 1.165) is 4.47 Å². The molecule has 0 aromatic heterocycles. The van der Waals surface area contributed by atoms with Crippen LogP contribution in [-0.4, -0.2) is 29.2 Å². The number of aliphatic carboxylic acids is 2. The second-order valence-corrected chi connectivity index (χ2v) is 4.71. The summed E-state index contributed by atoms with van der Waals surface area (Å²) in [5.41, 5.74) is 1.37. The molecule has 1 aromatic carbocycles. The summed E-state index contributed by atoms with van der Waals surface area (Å²) >= 11 is 3.44. The predicted molar refractivity (Wildman–Crippen MR) is 76.1 cm³/mol. The number of nitrogens with one attached hydrogen (secondary N) is 1. The molecule has 1 atom stereocenters. The molecule has 0 saturated carbocycles. The molecule has 5 nitrogen and oxygen atoms in total. The van der Waals surface area contributed by atoms with Crippen LogP contribution >= 0.6 is 15.9 Å². The Morgan fingerprint density at radius 2 is 1.68 bits per heavy atom. The molecule has 0 aliphatic rings. The summed E-state index contributed by atoms with van der Waals surface area (Å²) in [5, 5.41) is 18.1. The van der Waals surface area contributed by atoms with Crippen LogP contribution in [-0.2, 0) is 9.59 Å². The van der Waals surface area contributed by atoms with Crippen LogP contribution in [0.15, 0.2) is 28.7 Å². The maximum Gasteiger partial charge on any atom is 0.414 e. The molecule has 0 fully saturated rings. The Morgan fingerprint density at radius 3 is 2.00 bits per heavy atom.